The second-order valence-electron chi connectivity index (χ2n) is 4.31. The number of nitrogens with zero attached hydrogens (tertiary/aromatic N) is 2. The molecule has 1 atom stereocenters. The summed E-state index contributed by atoms with van der Waals surface area (Å²) in [6, 6.07) is 0.574. The monoisotopic (exact) mass is 223 g/mol. The van der Waals surface area contributed by atoms with E-state index in [4.69, 9.17) is 0 Å². The maximum atomic E-state index is 4.41. The van der Waals surface area contributed by atoms with Gasteiger partial charge in [-0.15, -0.1) is 0 Å². The number of imidazole rings is 1. The first-order valence-corrected chi connectivity index (χ1v) is 6.55. The quantitative estimate of drug-likeness (QED) is 0.734. The van der Waals surface area contributed by atoms with Crippen molar-refractivity contribution in [1.29, 1.82) is 0 Å². The van der Waals surface area contributed by atoms with E-state index in [1.165, 1.54) is 18.7 Å². The van der Waals surface area contributed by atoms with Gasteiger partial charge in [0.2, 0.25) is 0 Å². The van der Waals surface area contributed by atoms with E-state index in [0.717, 1.165) is 25.9 Å². The summed E-state index contributed by atoms with van der Waals surface area (Å²) < 4.78 is 2.29. The van der Waals surface area contributed by atoms with Gasteiger partial charge in [-0.25, -0.2) is 4.98 Å². The minimum absolute atomic E-state index is 0.574. The van der Waals surface area contributed by atoms with Crippen LogP contribution in [0.2, 0.25) is 0 Å². The van der Waals surface area contributed by atoms with Gasteiger partial charge in [0.25, 0.3) is 0 Å². The minimum atomic E-state index is 0.574. The second-order valence-corrected chi connectivity index (χ2v) is 4.31. The Morgan fingerprint density at radius 1 is 1.31 bits per heavy atom. The Kier molecular flexibility index (Phi) is 6.16. The van der Waals surface area contributed by atoms with E-state index in [9.17, 15) is 0 Å². The highest BCUT2D eigenvalue weighted by Gasteiger charge is 2.08. The van der Waals surface area contributed by atoms with E-state index in [1.807, 2.05) is 6.20 Å². The number of nitrogens with one attached hydrogen (secondary N) is 1. The number of hydrogen-bond acceptors (Lipinski definition) is 2. The third-order valence-electron chi connectivity index (χ3n) is 2.87. The molecule has 16 heavy (non-hydrogen) atoms. The molecule has 1 heterocycles. The van der Waals surface area contributed by atoms with Crippen LogP contribution in [0.5, 0.6) is 0 Å². The molecule has 0 saturated heterocycles. The Balaban J connectivity index is 2.51. The molecule has 92 valence electrons. The summed E-state index contributed by atoms with van der Waals surface area (Å²) in [5.74, 6) is 1.22. The van der Waals surface area contributed by atoms with Gasteiger partial charge >= 0.3 is 0 Å². The van der Waals surface area contributed by atoms with E-state index in [1.54, 1.807) is 0 Å². The van der Waals surface area contributed by atoms with Gasteiger partial charge in [-0.05, 0) is 25.8 Å². The van der Waals surface area contributed by atoms with Crippen molar-refractivity contribution in [3.63, 3.8) is 0 Å². The van der Waals surface area contributed by atoms with Crippen molar-refractivity contribution in [1.82, 2.24) is 14.9 Å². The highest BCUT2D eigenvalue weighted by Crippen LogP contribution is 2.04. The van der Waals surface area contributed by atoms with E-state index in [-0.39, 0.29) is 0 Å². The Bertz CT molecular complexity index is 280. The molecule has 1 unspecified atom stereocenters. The van der Waals surface area contributed by atoms with Crippen LogP contribution < -0.4 is 5.32 Å². The number of aryl methyl sites for hydroxylation is 1. The number of hydrogen-bond donors (Lipinski definition) is 1. The lowest BCUT2D eigenvalue weighted by atomic mass is 10.2. The third-order valence-corrected chi connectivity index (χ3v) is 2.87. The van der Waals surface area contributed by atoms with E-state index in [2.05, 4.69) is 41.8 Å². The van der Waals surface area contributed by atoms with Crippen LogP contribution in [0, 0.1) is 0 Å². The van der Waals surface area contributed by atoms with Crippen molar-refractivity contribution in [3.05, 3.63) is 18.2 Å². The summed E-state index contributed by atoms with van der Waals surface area (Å²) in [5.41, 5.74) is 0. The van der Waals surface area contributed by atoms with Crippen molar-refractivity contribution in [2.75, 3.05) is 6.54 Å². The normalized spacial score (nSPS) is 12.9. The van der Waals surface area contributed by atoms with Gasteiger partial charge in [-0.2, -0.15) is 0 Å². The molecule has 0 aliphatic carbocycles. The van der Waals surface area contributed by atoms with Crippen LogP contribution in [0.3, 0.4) is 0 Å². The molecule has 0 spiro atoms. The van der Waals surface area contributed by atoms with Crippen LogP contribution in [0.4, 0.5) is 0 Å². The Morgan fingerprint density at radius 3 is 2.75 bits per heavy atom. The zero-order valence-corrected chi connectivity index (χ0v) is 10.9. The molecular weight excluding hydrogens is 198 g/mol. The van der Waals surface area contributed by atoms with E-state index < -0.39 is 0 Å². The molecule has 1 rings (SSSR count). The van der Waals surface area contributed by atoms with Crippen LogP contribution in [-0.2, 0) is 13.0 Å². The molecule has 0 amide bonds. The summed E-state index contributed by atoms with van der Waals surface area (Å²) in [4.78, 5) is 4.41. The zero-order valence-electron chi connectivity index (χ0n) is 10.9. The fourth-order valence-corrected chi connectivity index (χ4v) is 1.88. The van der Waals surface area contributed by atoms with Gasteiger partial charge in [-0.1, -0.05) is 20.8 Å². The van der Waals surface area contributed by atoms with Crippen molar-refractivity contribution >= 4 is 0 Å². The van der Waals surface area contributed by atoms with Crippen LogP contribution in [0.1, 0.15) is 45.9 Å². The SMILES string of the molecule is CCCNC(CC)Cn1ccnc1CCC. The number of rotatable bonds is 8. The van der Waals surface area contributed by atoms with Gasteiger partial charge in [0.1, 0.15) is 5.82 Å². The summed E-state index contributed by atoms with van der Waals surface area (Å²) in [7, 11) is 0. The van der Waals surface area contributed by atoms with Gasteiger partial charge in [0.15, 0.2) is 0 Å². The lowest BCUT2D eigenvalue weighted by Crippen LogP contribution is -2.33. The Morgan fingerprint density at radius 2 is 2.12 bits per heavy atom. The lowest BCUT2D eigenvalue weighted by Gasteiger charge is -2.18. The topological polar surface area (TPSA) is 29.9 Å². The van der Waals surface area contributed by atoms with Crippen molar-refractivity contribution in [2.24, 2.45) is 0 Å². The highest BCUT2D eigenvalue weighted by atomic mass is 15.1. The minimum Gasteiger partial charge on any atom is -0.333 e. The lowest BCUT2D eigenvalue weighted by molar-refractivity contribution is 0.429. The average molecular weight is 223 g/mol. The predicted molar refractivity (Wildman–Crippen MR) is 68.6 cm³/mol. The van der Waals surface area contributed by atoms with Crippen LogP contribution >= 0.6 is 0 Å². The molecule has 3 heteroatoms. The van der Waals surface area contributed by atoms with Gasteiger partial charge < -0.3 is 9.88 Å². The molecule has 0 aliphatic heterocycles. The summed E-state index contributed by atoms with van der Waals surface area (Å²) in [5, 5.41) is 3.58. The van der Waals surface area contributed by atoms with Crippen LogP contribution in [0.15, 0.2) is 12.4 Å². The van der Waals surface area contributed by atoms with Gasteiger partial charge in [0.05, 0.1) is 0 Å². The molecule has 3 nitrogen and oxygen atoms in total. The molecule has 0 saturated carbocycles. The largest absolute Gasteiger partial charge is 0.333 e. The smallest absolute Gasteiger partial charge is 0.108 e. The van der Waals surface area contributed by atoms with Gasteiger partial charge in [0, 0.05) is 31.4 Å². The molecule has 0 bridgehead atoms. The molecular formula is C13H25N3. The summed E-state index contributed by atoms with van der Waals surface area (Å²) in [6.45, 7) is 8.80. The molecule has 1 aromatic heterocycles. The molecule has 1 N–H and O–H groups in total. The molecule has 0 aromatic carbocycles. The van der Waals surface area contributed by atoms with E-state index in [0.29, 0.717) is 6.04 Å². The number of aromatic nitrogens is 2. The molecule has 0 aliphatic rings. The highest BCUT2D eigenvalue weighted by molar-refractivity contribution is 4.93. The maximum absolute atomic E-state index is 4.41. The molecule has 1 aromatic rings. The van der Waals surface area contributed by atoms with E-state index >= 15 is 0 Å². The predicted octanol–water partition coefficient (Wildman–Crippen LogP) is 2.61. The first kappa shape index (κ1) is 13.2. The van der Waals surface area contributed by atoms with Crippen molar-refractivity contribution < 1.29 is 0 Å². The summed E-state index contributed by atoms with van der Waals surface area (Å²) >= 11 is 0. The molecule has 0 fully saturated rings. The Hall–Kier alpha value is -0.830. The first-order valence-electron chi connectivity index (χ1n) is 6.55. The van der Waals surface area contributed by atoms with Gasteiger partial charge in [-0.3, -0.25) is 0 Å². The van der Waals surface area contributed by atoms with Crippen molar-refractivity contribution in [2.45, 2.75) is 59.0 Å². The first-order chi connectivity index (χ1) is 7.81. The summed E-state index contributed by atoms with van der Waals surface area (Å²) in [6.07, 6.45) is 8.62. The van der Waals surface area contributed by atoms with Crippen molar-refractivity contribution in [3.8, 4) is 0 Å². The Labute approximate surface area is 99.3 Å². The molecule has 0 radical (unpaired) electrons. The average Bonchev–Trinajstić information content (AvgIpc) is 2.72. The van der Waals surface area contributed by atoms with Crippen LogP contribution in [-0.4, -0.2) is 22.1 Å². The maximum Gasteiger partial charge on any atom is 0.108 e. The third kappa shape index (κ3) is 3.97. The fraction of sp³-hybridized carbons (Fsp3) is 0.769. The van der Waals surface area contributed by atoms with Crippen LogP contribution in [0.25, 0.3) is 0 Å². The zero-order chi connectivity index (χ0) is 11.8. The second kappa shape index (κ2) is 7.44. The fourth-order valence-electron chi connectivity index (χ4n) is 1.88. The standard InChI is InChI=1S/C13H25N3/c1-4-7-13-15-9-10-16(13)11-12(6-3)14-8-5-2/h9-10,12,14H,4-8,11H2,1-3H3.